The van der Waals surface area contributed by atoms with Gasteiger partial charge in [-0.05, 0) is 18.2 Å². The maximum atomic E-state index is 12.6. The maximum absolute atomic E-state index is 12.6. The summed E-state index contributed by atoms with van der Waals surface area (Å²) in [7, 11) is 3.80. The molecule has 100 valence electrons. The molecule has 0 N–H and O–H groups in total. The highest BCUT2D eigenvalue weighted by atomic mass is 19.4. The molecule has 0 saturated heterocycles. The third-order valence-corrected chi connectivity index (χ3v) is 2.32. The third-order valence-electron chi connectivity index (χ3n) is 2.32. The molecular formula is C11H12F3NO3. The SMILES string of the molecule is COc1ccc(C(F)(F)F)cc1C(=O)N(C)OC. The molecule has 0 radical (unpaired) electrons. The van der Waals surface area contributed by atoms with E-state index in [4.69, 9.17) is 4.74 Å². The van der Waals surface area contributed by atoms with Gasteiger partial charge in [0, 0.05) is 7.05 Å². The van der Waals surface area contributed by atoms with Crippen molar-refractivity contribution in [2.75, 3.05) is 21.3 Å². The molecule has 0 aromatic heterocycles. The number of methoxy groups -OCH3 is 1. The second kappa shape index (κ2) is 5.26. The van der Waals surface area contributed by atoms with E-state index in [1.54, 1.807) is 0 Å². The number of carbonyl (C=O) groups is 1. The molecule has 0 aliphatic rings. The van der Waals surface area contributed by atoms with Crippen LogP contribution < -0.4 is 4.74 Å². The van der Waals surface area contributed by atoms with Gasteiger partial charge in [0.05, 0.1) is 25.3 Å². The van der Waals surface area contributed by atoms with Gasteiger partial charge in [-0.3, -0.25) is 9.63 Å². The normalized spacial score (nSPS) is 11.2. The first-order chi connectivity index (χ1) is 8.31. The van der Waals surface area contributed by atoms with Crippen LogP contribution in [0.15, 0.2) is 18.2 Å². The zero-order chi connectivity index (χ0) is 13.9. The number of alkyl halides is 3. The second-order valence-electron chi connectivity index (χ2n) is 3.40. The lowest BCUT2D eigenvalue weighted by Gasteiger charge is -2.17. The van der Waals surface area contributed by atoms with Gasteiger partial charge in [0.2, 0.25) is 0 Å². The molecule has 0 heterocycles. The number of benzene rings is 1. The molecule has 4 nitrogen and oxygen atoms in total. The Bertz CT molecular complexity index is 446. The summed E-state index contributed by atoms with van der Waals surface area (Å²) in [6.45, 7) is 0. The summed E-state index contributed by atoms with van der Waals surface area (Å²) >= 11 is 0. The number of hydrogen-bond donors (Lipinski definition) is 0. The van der Waals surface area contributed by atoms with Crippen molar-refractivity contribution in [2.45, 2.75) is 6.18 Å². The minimum atomic E-state index is -4.52. The first kappa shape index (κ1) is 14.3. The Kier molecular flexibility index (Phi) is 4.18. The lowest BCUT2D eigenvalue weighted by atomic mass is 10.1. The van der Waals surface area contributed by atoms with Gasteiger partial charge in [-0.2, -0.15) is 13.2 Å². The van der Waals surface area contributed by atoms with Crippen LogP contribution in [0.5, 0.6) is 5.75 Å². The fourth-order valence-corrected chi connectivity index (χ4v) is 1.30. The fourth-order valence-electron chi connectivity index (χ4n) is 1.30. The quantitative estimate of drug-likeness (QED) is 0.786. The summed E-state index contributed by atoms with van der Waals surface area (Å²) in [4.78, 5) is 16.4. The van der Waals surface area contributed by atoms with E-state index >= 15 is 0 Å². The van der Waals surface area contributed by atoms with E-state index in [-0.39, 0.29) is 11.3 Å². The predicted molar refractivity (Wildman–Crippen MR) is 57.1 cm³/mol. The van der Waals surface area contributed by atoms with Crippen LogP contribution in [0.4, 0.5) is 13.2 Å². The number of nitrogens with zero attached hydrogens (tertiary/aromatic N) is 1. The topological polar surface area (TPSA) is 38.8 Å². The molecule has 1 aromatic carbocycles. The molecule has 1 rings (SSSR count). The van der Waals surface area contributed by atoms with Crippen LogP contribution in [0.1, 0.15) is 15.9 Å². The van der Waals surface area contributed by atoms with Gasteiger partial charge < -0.3 is 4.74 Å². The van der Waals surface area contributed by atoms with Crippen molar-refractivity contribution in [2.24, 2.45) is 0 Å². The van der Waals surface area contributed by atoms with Crippen LogP contribution >= 0.6 is 0 Å². The third kappa shape index (κ3) is 2.92. The van der Waals surface area contributed by atoms with Gasteiger partial charge in [0.1, 0.15) is 5.75 Å². The summed E-state index contributed by atoms with van der Waals surface area (Å²) in [5.41, 5.74) is -1.13. The van der Waals surface area contributed by atoms with E-state index in [1.165, 1.54) is 21.3 Å². The standard InChI is InChI=1S/C11H12F3NO3/c1-15(18-3)10(16)8-6-7(11(12,13)14)4-5-9(8)17-2/h4-6H,1-3H3. The molecular weight excluding hydrogens is 251 g/mol. The number of hydrogen-bond acceptors (Lipinski definition) is 3. The lowest BCUT2D eigenvalue weighted by Crippen LogP contribution is -2.26. The van der Waals surface area contributed by atoms with Gasteiger partial charge >= 0.3 is 6.18 Å². The van der Waals surface area contributed by atoms with Crippen LogP contribution in [-0.2, 0) is 11.0 Å². The summed E-state index contributed by atoms with van der Waals surface area (Å²) in [6.07, 6.45) is -4.52. The zero-order valence-electron chi connectivity index (χ0n) is 10.0. The Morgan fingerprint density at radius 2 is 1.89 bits per heavy atom. The molecule has 18 heavy (non-hydrogen) atoms. The number of halogens is 3. The first-order valence-corrected chi connectivity index (χ1v) is 4.88. The van der Waals surface area contributed by atoms with Crippen molar-refractivity contribution in [3.8, 4) is 5.75 Å². The molecule has 0 unspecified atom stereocenters. The van der Waals surface area contributed by atoms with Crippen molar-refractivity contribution in [3.05, 3.63) is 29.3 Å². The molecule has 0 saturated carbocycles. The van der Waals surface area contributed by atoms with Crippen LogP contribution in [0.3, 0.4) is 0 Å². The van der Waals surface area contributed by atoms with Gasteiger partial charge in [-0.25, -0.2) is 5.06 Å². The average Bonchev–Trinajstić information content (AvgIpc) is 2.35. The van der Waals surface area contributed by atoms with Crippen molar-refractivity contribution < 1.29 is 27.5 Å². The molecule has 7 heteroatoms. The van der Waals surface area contributed by atoms with E-state index < -0.39 is 17.6 Å². The highest BCUT2D eigenvalue weighted by Crippen LogP contribution is 2.32. The molecule has 0 aliphatic heterocycles. The number of rotatable bonds is 3. The van der Waals surface area contributed by atoms with Crippen molar-refractivity contribution in [3.63, 3.8) is 0 Å². The van der Waals surface area contributed by atoms with Gasteiger partial charge in [0.15, 0.2) is 0 Å². The Morgan fingerprint density at radius 1 is 1.28 bits per heavy atom. The summed E-state index contributed by atoms with van der Waals surface area (Å²) < 4.78 is 42.5. The average molecular weight is 263 g/mol. The number of ether oxygens (including phenoxy) is 1. The number of amides is 1. The highest BCUT2D eigenvalue weighted by molar-refractivity contribution is 5.96. The van der Waals surface area contributed by atoms with Gasteiger partial charge in [0.25, 0.3) is 5.91 Å². The number of hydroxylamine groups is 2. The lowest BCUT2D eigenvalue weighted by molar-refractivity contribution is -0.137. The zero-order valence-corrected chi connectivity index (χ0v) is 10.0. The molecule has 0 atom stereocenters. The minimum absolute atomic E-state index is 0.0527. The van der Waals surface area contributed by atoms with E-state index in [9.17, 15) is 18.0 Å². The van der Waals surface area contributed by atoms with Gasteiger partial charge in [-0.1, -0.05) is 0 Å². The highest BCUT2D eigenvalue weighted by Gasteiger charge is 2.32. The largest absolute Gasteiger partial charge is 0.496 e. The van der Waals surface area contributed by atoms with Crippen molar-refractivity contribution in [1.82, 2.24) is 5.06 Å². The van der Waals surface area contributed by atoms with Crippen LogP contribution in [0.2, 0.25) is 0 Å². The van der Waals surface area contributed by atoms with Crippen molar-refractivity contribution >= 4 is 5.91 Å². The van der Waals surface area contributed by atoms with Crippen molar-refractivity contribution in [1.29, 1.82) is 0 Å². The first-order valence-electron chi connectivity index (χ1n) is 4.88. The van der Waals surface area contributed by atoms with Crippen LogP contribution in [0, 0.1) is 0 Å². The number of carbonyl (C=O) groups excluding carboxylic acids is 1. The fraction of sp³-hybridized carbons (Fsp3) is 0.364. The van der Waals surface area contributed by atoms with E-state index in [1.807, 2.05) is 0 Å². The Morgan fingerprint density at radius 3 is 2.33 bits per heavy atom. The molecule has 1 amide bonds. The molecule has 1 aromatic rings. The monoisotopic (exact) mass is 263 g/mol. The Balaban J connectivity index is 3.27. The van der Waals surface area contributed by atoms with E-state index in [0.717, 1.165) is 23.3 Å². The molecule has 0 aliphatic carbocycles. The molecule has 0 bridgehead atoms. The summed E-state index contributed by atoms with van der Waals surface area (Å²) in [5.74, 6) is -0.669. The second-order valence-corrected chi connectivity index (χ2v) is 3.40. The molecule has 0 fully saturated rings. The summed E-state index contributed by atoms with van der Waals surface area (Å²) in [6, 6.07) is 2.68. The Labute approximate surface area is 102 Å². The Hall–Kier alpha value is -1.76. The van der Waals surface area contributed by atoms with Gasteiger partial charge in [-0.15, -0.1) is 0 Å². The van der Waals surface area contributed by atoms with E-state index in [2.05, 4.69) is 4.84 Å². The minimum Gasteiger partial charge on any atom is -0.496 e. The van der Waals surface area contributed by atoms with Crippen LogP contribution in [0.25, 0.3) is 0 Å². The maximum Gasteiger partial charge on any atom is 0.416 e. The van der Waals surface area contributed by atoms with E-state index in [0.29, 0.717) is 0 Å². The van der Waals surface area contributed by atoms with Crippen LogP contribution in [-0.4, -0.2) is 32.2 Å². The molecule has 0 spiro atoms. The predicted octanol–water partition coefficient (Wildman–Crippen LogP) is 2.35. The summed E-state index contributed by atoms with van der Waals surface area (Å²) in [5, 5.41) is 0.817. The smallest absolute Gasteiger partial charge is 0.416 e.